The first kappa shape index (κ1) is 47.4. The number of esters is 2. The Labute approximate surface area is 301 Å². The van der Waals surface area contributed by atoms with Crippen LogP contribution in [-0.4, -0.2) is 59.9 Å². The maximum absolute atomic E-state index is 12.5. The largest absolute Gasteiger partial charge is 0.480 e. The van der Waals surface area contributed by atoms with Gasteiger partial charge in [-0.15, -0.1) is 0 Å². The van der Waals surface area contributed by atoms with Crippen molar-refractivity contribution in [3.63, 3.8) is 0 Å². The summed E-state index contributed by atoms with van der Waals surface area (Å²) in [5.41, 5.74) is 5.31. The number of hydrogen-bond donors (Lipinski definition) is 3. The summed E-state index contributed by atoms with van der Waals surface area (Å²) in [7, 11) is -4.72. The Morgan fingerprint density at radius 2 is 1.08 bits per heavy atom. The zero-order valence-corrected chi connectivity index (χ0v) is 31.6. The molecule has 0 aromatic rings. The first-order chi connectivity index (χ1) is 24.1. The topological polar surface area (TPSA) is 172 Å². The van der Waals surface area contributed by atoms with Crippen molar-refractivity contribution in [3.05, 3.63) is 48.6 Å². The van der Waals surface area contributed by atoms with Gasteiger partial charge in [0.25, 0.3) is 0 Å². The molecule has 0 fully saturated rings. The summed E-state index contributed by atoms with van der Waals surface area (Å²) in [4.78, 5) is 45.7. The SMILES string of the molecule is CCCC/C=C/CCCCCCCC(=O)OC[C@H](COP(=O)(O)OC[C@H](N)C(=O)O)OC(=O)CCCC/C=C/C/C=C/C/C=C/CCCCC. The van der Waals surface area contributed by atoms with Crippen LogP contribution in [0.3, 0.4) is 0 Å². The molecule has 4 N–H and O–H groups in total. The number of carbonyl (C=O) groups excluding carboxylic acids is 2. The van der Waals surface area contributed by atoms with E-state index in [9.17, 15) is 23.8 Å². The Bertz CT molecular complexity index is 1040. The summed E-state index contributed by atoms with van der Waals surface area (Å²) < 4.78 is 32.5. The van der Waals surface area contributed by atoms with E-state index in [2.05, 4.69) is 67.0 Å². The monoisotopic (exact) mass is 727 g/mol. The highest BCUT2D eigenvalue weighted by molar-refractivity contribution is 7.47. The molecule has 0 bridgehead atoms. The Kier molecular flexibility index (Phi) is 31.9. The predicted octanol–water partition coefficient (Wildman–Crippen LogP) is 9.05. The molecule has 11 nitrogen and oxygen atoms in total. The van der Waals surface area contributed by atoms with E-state index in [0.29, 0.717) is 12.8 Å². The molecule has 50 heavy (non-hydrogen) atoms. The molecule has 0 saturated heterocycles. The average molecular weight is 728 g/mol. The summed E-state index contributed by atoms with van der Waals surface area (Å²) >= 11 is 0. The van der Waals surface area contributed by atoms with Gasteiger partial charge >= 0.3 is 25.7 Å². The van der Waals surface area contributed by atoms with E-state index in [1.807, 2.05) is 0 Å². The summed E-state index contributed by atoms with van der Waals surface area (Å²) in [6.45, 7) is 2.65. The first-order valence-corrected chi connectivity index (χ1v) is 20.2. The number of carbonyl (C=O) groups is 3. The molecule has 0 aromatic heterocycles. The van der Waals surface area contributed by atoms with E-state index < -0.39 is 51.1 Å². The third kappa shape index (κ3) is 32.6. The van der Waals surface area contributed by atoms with Crippen LogP contribution in [0.5, 0.6) is 0 Å². The lowest BCUT2D eigenvalue weighted by Crippen LogP contribution is -2.34. The number of nitrogens with two attached hydrogens (primary N) is 1. The van der Waals surface area contributed by atoms with Gasteiger partial charge in [-0.2, -0.15) is 0 Å². The number of rotatable bonds is 34. The molecular formula is C38H66NO10P. The maximum Gasteiger partial charge on any atom is 0.472 e. The summed E-state index contributed by atoms with van der Waals surface area (Å²) in [6.07, 6.45) is 34.8. The molecule has 0 aliphatic carbocycles. The van der Waals surface area contributed by atoms with Crippen LogP contribution in [0.4, 0.5) is 0 Å². The highest BCUT2D eigenvalue weighted by Crippen LogP contribution is 2.43. The van der Waals surface area contributed by atoms with Crippen LogP contribution in [-0.2, 0) is 37.5 Å². The summed E-state index contributed by atoms with van der Waals surface area (Å²) in [5.74, 6) is -2.45. The fourth-order valence-corrected chi connectivity index (χ4v) is 5.30. The van der Waals surface area contributed by atoms with Crippen LogP contribution in [0.25, 0.3) is 0 Å². The lowest BCUT2D eigenvalue weighted by molar-refractivity contribution is -0.161. The quantitative estimate of drug-likeness (QED) is 0.0250. The normalized spacial score (nSPS) is 14.5. The summed E-state index contributed by atoms with van der Waals surface area (Å²) in [6, 6.07) is -1.53. The van der Waals surface area contributed by atoms with Gasteiger partial charge in [-0.05, 0) is 70.6 Å². The molecule has 3 atom stereocenters. The van der Waals surface area contributed by atoms with Crippen molar-refractivity contribution >= 4 is 25.7 Å². The van der Waals surface area contributed by atoms with Crippen molar-refractivity contribution in [2.45, 2.75) is 154 Å². The van der Waals surface area contributed by atoms with Gasteiger partial charge in [-0.1, -0.05) is 107 Å². The number of phosphoric ester groups is 1. The second kappa shape index (κ2) is 33.6. The Morgan fingerprint density at radius 1 is 0.620 bits per heavy atom. The first-order valence-electron chi connectivity index (χ1n) is 18.7. The van der Waals surface area contributed by atoms with Gasteiger partial charge in [0.05, 0.1) is 13.2 Å². The highest BCUT2D eigenvalue weighted by Gasteiger charge is 2.28. The van der Waals surface area contributed by atoms with Gasteiger partial charge in [0.15, 0.2) is 6.10 Å². The molecule has 288 valence electrons. The van der Waals surface area contributed by atoms with Crippen molar-refractivity contribution in [1.29, 1.82) is 0 Å². The number of carboxylic acid groups (broad SMARTS) is 1. The third-order valence-corrected chi connectivity index (χ3v) is 8.50. The molecule has 0 radical (unpaired) electrons. The van der Waals surface area contributed by atoms with E-state index in [1.165, 1.54) is 32.1 Å². The van der Waals surface area contributed by atoms with Crippen LogP contribution < -0.4 is 5.73 Å². The van der Waals surface area contributed by atoms with E-state index in [4.69, 9.17) is 24.8 Å². The number of ether oxygens (including phenoxy) is 2. The lowest BCUT2D eigenvalue weighted by Gasteiger charge is -2.20. The van der Waals surface area contributed by atoms with Crippen molar-refractivity contribution < 1.29 is 47.5 Å². The van der Waals surface area contributed by atoms with Gasteiger partial charge in [0.1, 0.15) is 12.6 Å². The van der Waals surface area contributed by atoms with Gasteiger partial charge in [-0.3, -0.25) is 23.4 Å². The van der Waals surface area contributed by atoms with Crippen LogP contribution >= 0.6 is 7.82 Å². The standard InChI is InChI=1S/C38H66NO10P/c1-3-5-7-9-11-13-15-16-17-18-20-22-24-26-28-30-37(41)49-34(32-47-50(44,45)48-33-35(39)38(42)43)31-46-36(40)29-27-25-23-21-19-14-12-10-8-6-4-2/h10-13,16-17,20,22,34-35H,3-9,14-15,18-19,21,23-33,39H2,1-2H3,(H,42,43)(H,44,45)/b12-10+,13-11+,17-16+,22-20+/t34-,35+/m1/s1. The van der Waals surface area contributed by atoms with Crippen molar-refractivity contribution in [2.75, 3.05) is 19.8 Å². The van der Waals surface area contributed by atoms with E-state index in [-0.39, 0.29) is 19.4 Å². The maximum atomic E-state index is 12.5. The van der Waals surface area contributed by atoms with E-state index >= 15 is 0 Å². The molecule has 0 amide bonds. The number of hydrogen-bond acceptors (Lipinski definition) is 9. The van der Waals surface area contributed by atoms with Crippen LogP contribution in [0.2, 0.25) is 0 Å². The molecule has 0 heterocycles. The van der Waals surface area contributed by atoms with Gasteiger partial charge < -0.3 is 25.2 Å². The number of aliphatic carboxylic acids is 1. The van der Waals surface area contributed by atoms with E-state index in [1.54, 1.807) is 0 Å². The fourth-order valence-electron chi connectivity index (χ4n) is 4.52. The van der Waals surface area contributed by atoms with Gasteiger partial charge in [0, 0.05) is 12.8 Å². The molecule has 0 spiro atoms. The molecule has 0 aromatic carbocycles. The van der Waals surface area contributed by atoms with Crippen LogP contribution in [0.1, 0.15) is 142 Å². The zero-order chi connectivity index (χ0) is 37.1. The number of carboxylic acids is 1. The second-order valence-corrected chi connectivity index (χ2v) is 13.8. The molecule has 0 aliphatic rings. The molecule has 0 aliphatic heterocycles. The molecule has 12 heteroatoms. The predicted molar refractivity (Wildman–Crippen MR) is 198 cm³/mol. The Morgan fingerprint density at radius 3 is 1.70 bits per heavy atom. The minimum Gasteiger partial charge on any atom is -0.480 e. The van der Waals surface area contributed by atoms with Crippen LogP contribution in [0, 0.1) is 0 Å². The lowest BCUT2D eigenvalue weighted by atomic mass is 10.1. The van der Waals surface area contributed by atoms with Crippen LogP contribution in [0.15, 0.2) is 48.6 Å². The molecule has 1 unspecified atom stereocenters. The minimum atomic E-state index is -4.72. The number of unbranched alkanes of at least 4 members (excludes halogenated alkanes) is 12. The summed E-state index contributed by atoms with van der Waals surface area (Å²) in [5, 5.41) is 8.85. The van der Waals surface area contributed by atoms with Crippen molar-refractivity contribution in [3.8, 4) is 0 Å². The Hall–Kier alpha value is -2.56. The average Bonchev–Trinajstić information content (AvgIpc) is 3.09. The Balaban J connectivity index is 4.56. The molecule has 0 saturated carbocycles. The highest BCUT2D eigenvalue weighted by atomic mass is 31.2. The minimum absolute atomic E-state index is 0.109. The third-order valence-electron chi connectivity index (χ3n) is 7.55. The number of phosphoric acid groups is 1. The van der Waals surface area contributed by atoms with E-state index in [0.717, 1.165) is 70.6 Å². The van der Waals surface area contributed by atoms with Crippen molar-refractivity contribution in [2.24, 2.45) is 5.73 Å². The fraction of sp³-hybridized carbons (Fsp3) is 0.711. The zero-order valence-electron chi connectivity index (χ0n) is 30.7. The molecule has 0 rings (SSSR count). The molecular weight excluding hydrogens is 661 g/mol. The second-order valence-electron chi connectivity index (χ2n) is 12.3. The smallest absolute Gasteiger partial charge is 0.472 e. The van der Waals surface area contributed by atoms with Gasteiger partial charge in [-0.25, -0.2) is 4.57 Å². The van der Waals surface area contributed by atoms with Gasteiger partial charge in [0.2, 0.25) is 0 Å². The van der Waals surface area contributed by atoms with Crippen molar-refractivity contribution in [1.82, 2.24) is 0 Å². The number of allylic oxidation sites excluding steroid dienone is 8.